The SMILES string of the molecule is N#CCCN(CCC#N)C(=O)[C@H]1Cc2cc(Cl)ccc2O1. The molecule has 1 aliphatic heterocycles. The summed E-state index contributed by atoms with van der Waals surface area (Å²) in [7, 11) is 0. The van der Waals surface area contributed by atoms with Crippen molar-refractivity contribution in [1.82, 2.24) is 4.90 Å². The smallest absolute Gasteiger partial charge is 0.264 e. The van der Waals surface area contributed by atoms with Gasteiger partial charge in [0, 0.05) is 24.5 Å². The minimum Gasteiger partial charge on any atom is -0.480 e. The Bertz CT molecular complexity index is 600. The van der Waals surface area contributed by atoms with Gasteiger partial charge in [0.15, 0.2) is 6.10 Å². The molecule has 0 spiro atoms. The molecule has 1 atom stereocenters. The molecule has 0 unspecified atom stereocenters. The topological polar surface area (TPSA) is 77.1 Å². The Balaban J connectivity index is 2.05. The lowest BCUT2D eigenvalue weighted by molar-refractivity contribution is -0.137. The van der Waals surface area contributed by atoms with E-state index in [2.05, 4.69) is 0 Å². The minimum absolute atomic E-state index is 0.187. The fourth-order valence-corrected chi connectivity index (χ4v) is 2.46. The van der Waals surface area contributed by atoms with E-state index in [1.165, 1.54) is 4.90 Å². The molecular weight excluding hydrogens is 290 g/mol. The summed E-state index contributed by atoms with van der Waals surface area (Å²) in [5, 5.41) is 17.9. The molecule has 0 fully saturated rings. The number of carbonyl (C=O) groups is 1. The van der Waals surface area contributed by atoms with E-state index in [1.54, 1.807) is 18.2 Å². The zero-order valence-electron chi connectivity index (χ0n) is 11.4. The first-order valence-electron chi connectivity index (χ1n) is 6.63. The first-order chi connectivity index (χ1) is 10.2. The highest BCUT2D eigenvalue weighted by Crippen LogP contribution is 2.31. The highest BCUT2D eigenvalue weighted by Gasteiger charge is 2.32. The quantitative estimate of drug-likeness (QED) is 0.836. The van der Waals surface area contributed by atoms with Crippen LogP contribution in [0.5, 0.6) is 5.75 Å². The maximum Gasteiger partial charge on any atom is 0.264 e. The van der Waals surface area contributed by atoms with Crippen molar-refractivity contribution < 1.29 is 9.53 Å². The molecule has 1 aliphatic rings. The van der Waals surface area contributed by atoms with Crippen LogP contribution in [0.1, 0.15) is 18.4 Å². The summed E-state index contributed by atoms with van der Waals surface area (Å²) in [5.41, 5.74) is 0.904. The van der Waals surface area contributed by atoms with E-state index >= 15 is 0 Å². The van der Waals surface area contributed by atoms with E-state index in [1.807, 2.05) is 12.1 Å². The summed E-state index contributed by atoms with van der Waals surface area (Å²) in [6, 6.07) is 9.28. The molecule has 0 aromatic heterocycles. The molecule has 0 saturated heterocycles. The molecule has 1 amide bonds. The van der Waals surface area contributed by atoms with Crippen LogP contribution in [0.25, 0.3) is 0 Å². The molecule has 1 aromatic rings. The molecule has 108 valence electrons. The van der Waals surface area contributed by atoms with E-state index in [4.69, 9.17) is 26.9 Å². The number of nitrogens with zero attached hydrogens (tertiary/aromatic N) is 3. The Hall–Kier alpha value is -2.24. The Morgan fingerprint density at radius 3 is 2.62 bits per heavy atom. The fraction of sp³-hybridized carbons (Fsp3) is 0.400. The lowest BCUT2D eigenvalue weighted by Gasteiger charge is -2.23. The monoisotopic (exact) mass is 303 g/mol. The van der Waals surface area contributed by atoms with E-state index in [9.17, 15) is 4.79 Å². The number of carbonyl (C=O) groups excluding carboxylic acids is 1. The molecule has 6 heteroatoms. The van der Waals surface area contributed by atoms with Crippen LogP contribution < -0.4 is 4.74 Å². The van der Waals surface area contributed by atoms with Gasteiger partial charge in [0.05, 0.1) is 25.0 Å². The molecule has 0 N–H and O–H groups in total. The van der Waals surface area contributed by atoms with Gasteiger partial charge in [-0.15, -0.1) is 0 Å². The highest BCUT2D eigenvalue weighted by atomic mass is 35.5. The zero-order valence-corrected chi connectivity index (χ0v) is 12.1. The van der Waals surface area contributed by atoms with E-state index in [0.717, 1.165) is 5.56 Å². The number of halogens is 1. The normalized spacial score (nSPS) is 15.5. The highest BCUT2D eigenvalue weighted by molar-refractivity contribution is 6.30. The van der Waals surface area contributed by atoms with Gasteiger partial charge in [-0.3, -0.25) is 4.79 Å². The third-order valence-electron chi connectivity index (χ3n) is 3.27. The third kappa shape index (κ3) is 3.65. The summed E-state index contributed by atoms with van der Waals surface area (Å²) in [6.07, 6.45) is 0.339. The molecule has 0 bridgehead atoms. The number of nitriles is 2. The standard InChI is InChI=1S/C15H14ClN3O2/c16-12-3-4-13-11(9-12)10-14(21-13)15(20)19(7-1-5-17)8-2-6-18/h3-4,9,14H,1-2,7-8,10H2/t14-/m1/s1. The number of hydrogen-bond donors (Lipinski definition) is 0. The molecule has 5 nitrogen and oxygen atoms in total. The Labute approximate surface area is 128 Å². The van der Waals surface area contributed by atoms with Crippen molar-refractivity contribution in [2.24, 2.45) is 0 Å². The second-order valence-corrected chi connectivity index (χ2v) is 5.14. The van der Waals surface area contributed by atoms with Gasteiger partial charge in [-0.2, -0.15) is 10.5 Å². The molecule has 0 saturated carbocycles. The van der Waals surface area contributed by atoms with Crippen LogP contribution in [-0.4, -0.2) is 30.0 Å². The van der Waals surface area contributed by atoms with Crippen molar-refractivity contribution in [3.05, 3.63) is 28.8 Å². The van der Waals surface area contributed by atoms with Gasteiger partial charge in [-0.25, -0.2) is 0 Å². The van der Waals surface area contributed by atoms with Gasteiger partial charge >= 0.3 is 0 Å². The van der Waals surface area contributed by atoms with Crippen LogP contribution in [0.3, 0.4) is 0 Å². The summed E-state index contributed by atoms with van der Waals surface area (Å²) >= 11 is 5.93. The van der Waals surface area contributed by atoms with E-state index < -0.39 is 6.10 Å². The molecule has 1 aromatic carbocycles. The summed E-state index contributed by atoms with van der Waals surface area (Å²) < 4.78 is 5.65. The van der Waals surface area contributed by atoms with Gasteiger partial charge in [-0.1, -0.05) is 11.6 Å². The number of ether oxygens (including phenoxy) is 1. The second-order valence-electron chi connectivity index (χ2n) is 4.70. The lowest BCUT2D eigenvalue weighted by Crippen LogP contribution is -2.42. The van der Waals surface area contributed by atoms with Crippen molar-refractivity contribution >= 4 is 17.5 Å². The van der Waals surface area contributed by atoms with E-state index in [0.29, 0.717) is 30.3 Å². The number of benzene rings is 1. The Morgan fingerprint density at radius 2 is 2.00 bits per heavy atom. The molecule has 2 rings (SSSR count). The van der Waals surface area contributed by atoms with Gasteiger partial charge in [-0.05, 0) is 23.8 Å². The van der Waals surface area contributed by atoms with Crippen molar-refractivity contribution in [1.29, 1.82) is 10.5 Å². The first kappa shape index (κ1) is 15.2. The molecule has 1 heterocycles. The van der Waals surface area contributed by atoms with Crippen LogP contribution in [0.15, 0.2) is 18.2 Å². The van der Waals surface area contributed by atoms with Crippen LogP contribution in [0.4, 0.5) is 0 Å². The lowest BCUT2D eigenvalue weighted by atomic mass is 10.1. The Morgan fingerprint density at radius 1 is 1.33 bits per heavy atom. The third-order valence-corrected chi connectivity index (χ3v) is 3.51. The average Bonchev–Trinajstić information content (AvgIpc) is 2.89. The average molecular weight is 304 g/mol. The van der Waals surface area contributed by atoms with Crippen molar-refractivity contribution in [3.8, 4) is 17.9 Å². The predicted octanol–water partition coefficient (Wildman–Crippen LogP) is 2.30. The van der Waals surface area contributed by atoms with Crippen LogP contribution >= 0.6 is 11.6 Å². The van der Waals surface area contributed by atoms with Crippen molar-refractivity contribution in [2.75, 3.05) is 13.1 Å². The minimum atomic E-state index is -0.601. The number of rotatable bonds is 5. The van der Waals surface area contributed by atoms with Gasteiger partial charge in [0.2, 0.25) is 0 Å². The maximum atomic E-state index is 12.5. The molecule has 0 aliphatic carbocycles. The van der Waals surface area contributed by atoms with Crippen LogP contribution in [0.2, 0.25) is 5.02 Å². The molecule has 0 radical (unpaired) electrons. The largest absolute Gasteiger partial charge is 0.480 e. The summed E-state index contributed by atoms with van der Waals surface area (Å²) in [5.74, 6) is 0.478. The second kappa shape index (κ2) is 6.97. The van der Waals surface area contributed by atoms with Crippen molar-refractivity contribution in [3.63, 3.8) is 0 Å². The number of amides is 1. The molecule has 21 heavy (non-hydrogen) atoms. The zero-order chi connectivity index (χ0) is 15.2. The number of fused-ring (bicyclic) bond motifs is 1. The summed E-state index contributed by atoms with van der Waals surface area (Å²) in [4.78, 5) is 14.0. The van der Waals surface area contributed by atoms with Gasteiger partial charge in [0.25, 0.3) is 5.91 Å². The Kier molecular flexibility index (Phi) is 5.03. The van der Waals surface area contributed by atoms with Crippen LogP contribution in [-0.2, 0) is 11.2 Å². The predicted molar refractivity (Wildman–Crippen MR) is 76.6 cm³/mol. The van der Waals surface area contributed by atoms with Gasteiger partial charge in [0.1, 0.15) is 5.75 Å². The summed E-state index contributed by atoms with van der Waals surface area (Å²) in [6.45, 7) is 0.627. The number of hydrogen-bond acceptors (Lipinski definition) is 4. The van der Waals surface area contributed by atoms with E-state index in [-0.39, 0.29) is 18.7 Å². The van der Waals surface area contributed by atoms with Crippen LogP contribution in [0, 0.1) is 22.7 Å². The van der Waals surface area contributed by atoms with Crippen molar-refractivity contribution in [2.45, 2.75) is 25.4 Å². The first-order valence-corrected chi connectivity index (χ1v) is 7.01. The molecular formula is C15H14ClN3O2. The van der Waals surface area contributed by atoms with Gasteiger partial charge < -0.3 is 9.64 Å². The maximum absolute atomic E-state index is 12.5. The fourth-order valence-electron chi connectivity index (χ4n) is 2.26.